The molecule has 0 radical (unpaired) electrons. The Morgan fingerprint density at radius 2 is 1.81 bits per heavy atom. The second-order valence-electron chi connectivity index (χ2n) is 4.97. The van der Waals surface area contributed by atoms with Crippen molar-refractivity contribution < 1.29 is 9.53 Å². The zero-order valence-corrected chi connectivity index (χ0v) is 10.8. The zero-order valence-electron chi connectivity index (χ0n) is 10.8. The van der Waals surface area contributed by atoms with Gasteiger partial charge < -0.3 is 4.74 Å². The van der Waals surface area contributed by atoms with Crippen LogP contribution < -0.4 is 0 Å². The second-order valence-corrected chi connectivity index (χ2v) is 4.97. The molecule has 0 aromatic carbocycles. The first-order chi connectivity index (χ1) is 7.77. The molecule has 0 spiro atoms. The van der Waals surface area contributed by atoms with Crippen LogP contribution >= 0.6 is 0 Å². The molecular weight excluding hydrogens is 200 g/mol. The van der Waals surface area contributed by atoms with Crippen molar-refractivity contribution in [2.75, 3.05) is 6.61 Å². The van der Waals surface area contributed by atoms with E-state index in [9.17, 15) is 4.79 Å². The van der Waals surface area contributed by atoms with Crippen LogP contribution in [0.3, 0.4) is 0 Å². The van der Waals surface area contributed by atoms with Gasteiger partial charge in [0, 0.05) is 0 Å². The fourth-order valence-corrected chi connectivity index (χ4v) is 2.63. The lowest BCUT2D eigenvalue weighted by molar-refractivity contribution is -0.149. The maximum absolute atomic E-state index is 11.5. The smallest absolute Gasteiger partial charge is 0.308 e. The lowest BCUT2D eigenvalue weighted by Gasteiger charge is -2.27. The van der Waals surface area contributed by atoms with E-state index in [4.69, 9.17) is 4.74 Å². The van der Waals surface area contributed by atoms with Gasteiger partial charge in [0.2, 0.25) is 0 Å². The maximum atomic E-state index is 11.5. The molecule has 1 aliphatic carbocycles. The monoisotopic (exact) mass is 226 g/mol. The Hall–Kier alpha value is -0.530. The molecule has 0 N–H and O–H groups in total. The third-order valence-corrected chi connectivity index (χ3v) is 3.68. The first-order valence-corrected chi connectivity index (χ1v) is 6.94. The fourth-order valence-electron chi connectivity index (χ4n) is 2.63. The van der Waals surface area contributed by atoms with E-state index < -0.39 is 0 Å². The summed E-state index contributed by atoms with van der Waals surface area (Å²) in [7, 11) is 0. The topological polar surface area (TPSA) is 26.3 Å². The van der Waals surface area contributed by atoms with Crippen LogP contribution in [0.2, 0.25) is 0 Å². The molecule has 0 unspecified atom stereocenters. The number of ether oxygens (including phenoxy) is 1. The molecule has 1 fully saturated rings. The Morgan fingerprint density at radius 1 is 1.12 bits per heavy atom. The largest absolute Gasteiger partial charge is 0.466 e. The predicted octanol–water partition coefficient (Wildman–Crippen LogP) is 3.94. The van der Waals surface area contributed by atoms with Gasteiger partial charge in [0.15, 0.2) is 0 Å². The molecule has 1 rings (SSSR count). The van der Waals surface area contributed by atoms with Gasteiger partial charge in [0.05, 0.1) is 12.5 Å². The summed E-state index contributed by atoms with van der Waals surface area (Å²) in [5.41, 5.74) is 0. The summed E-state index contributed by atoms with van der Waals surface area (Å²) < 4.78 is 5.08. The van der Waals surface area contributed by atoms with Crippen molar-refractivity contribution in [2.24, 2.45) is 11.8 Å². The van der Waals surface area contributed by atoms with Crippen LogP contribution in [-0.4, -0.2) is 12.6 Å². The molecular formula is C14H26O2. The minimum absolute atomic E-state index is 0.0366. The SMILES string of the molecule is CCCCC[C@H]1CC[C@H](C(=O)OCC)CC1. The van der Waals surface area contributed by atoms with Crippen LogP contribution in [0.25, 0.3) is 0 Å². The summed E-state index contributed by atoms with van der Waals surface area (Å²) in [5.74, 6) is 1.11. The van der Waals surface area contributed by atoms with Crippen molar-refractivity contribution in [3.05, 3.63) is 0 Å². The highest BCUT2D eigenvalue weighted by molar-refractivity contribution is 5.72. The van der Waals surface area contributed by atoms with Crippen molar-refractivity contribution in [3.8, 4) is 0 Å². The Kier molecular flexibility index (Phi) is 6.51. The maximum Gasteiger partial charge on any atom is 0.308 e. The Morgan fingerprint density at radius 3 is 2.38 bits per heavy atom. The normalized spacial score (nSPS) is 25.4. The average Bonchev–Trinajstić information content (AvgIpc) is 2.30. The van der Waals surface area contributed by atoms with Gasteiger partial charge in [0.25, 0.3) is 0 Å². The first-order valence-electron chi connectivity index (χ1n) is 6.94. The van der Waals surface area contributed by atoms with Crippen LogP contribution in [-0.2, 0) is 9.53 Å². The van der Waals surface area contributed by atoms with Gasteiger partial charge in [-0.05, 0) is 38.5 Å². The van der Waals surface area contributed by atoms with E-state index in [0.717, 1.165) is 18.8 Å². The van der Waals surface area contributed by atoms with E-state index in [1.54, 1.807) is 0 Å². The summed E-state index contributed by atoms with van der Waals surface area (Å²) in [6.45, 7) is 4.65. The summed E-state index contributed by atoms with van der Waals surface area (Å²) in [6, 6.07) is 0. The molecule has 0 saturated heterocycles. The van der Waals surface area contributed by atoms with Crippen LogP contribution in [0.5, 0.6) is 0 Å². The second kappa shape index (κ2) is 7.70. The van der Waals surface area contributed by atoms with Crippen molar-refractivity contribution in [1.29, 1.82) is 0 Å². The quantitative estimate of drug-likeness (QED) is 0.506. The fraction of sp³-hybridized carbons (Fsp3) is 0.929. The lowest BCUT2D eigenvalue weighted by Crippen LogP contribution is -2.23. The van der Waals surface area contributed by atoms with Crippen molar-refractivity contribution in [2.45, 2.75) is 65.2 Å². The molecule has 0 atom stereocenters. The average molecular weight is 226 g/mol. The molecule has 94 valence electrons. The highest BCUT2D eigenvalue weighted by atomic mass is 16.5. The third-order valence-electron chi connectivity index (χ3n) is 3.68. The van der Waals surface area contributed by atoms with E-state index in [1.165, 1.54) is 38.5 Å². The van der Waals surface area contributed by atoms with Crippen LogP contribution in [0.15, 0.2) is 0 Å². The van der Waals surface area contributed by atoms with Gasteiger partial charge in [-0.15, -0.1) is 0 Å². The first kappa shape index (κ1) is 13.5. The molecule has 2 heteroatoms. The van der Waals surface area contributed by atoms with Gasteiger partial charge >= 0.3 is 5.97 Å². The van der Waals surface area contributed by atoms with Gasteiger partial charge in [-0.25, -0.2) is 0 Å². The molecule has 1 saturated carbocycles. The molecule has 0 bridgehead atoms. The van der Waals surface area contributed by atoms with Crippen LogP contribution in [0, 0.1) is 11.8 Å². The molecule has 0 heterocycles. The highest BCUT2D eigenvalue weighted by Crippen LogP contribution is 2.32. The number of carbonyl (C=O) groups excluding carboxylic acids is 1. The minimum atomic E-state index is 0.0366. The van der Waals surface area contributed by atoms with E-state index in [0.29, 0.717) is 6.61 Å². The molecule has 0 aliphatic heterocycles. The predicted molar refractivity (Wildman–Crippen MR) is 66.2 cm³/mol. The van der Waals surface area contributed by atoms with Gasteiger partial charge in [-0.1, -0.05) is 32.6 Å². The third kappa shape index (κ3) is 4.54. The molecule has 2 nitrogen and oxygen atoms in total. The number of hydrogen-bond acceptors (Lipinski definition) is 2. The molecule has 0 aromatic rings. The number of rotatable bonds is 6. The summed E-state index contributed by atoms with van der Waals surface area (Å²) >= 11 is 0. The van der Waals surface area contributed by atoms with E-state index in [2.05, 4.69) is 6.92 Å². The van der Waals surface area contributed by atoms with Crippen molar-refractivity contribution in [3.63, 3.8) is 0 Å². The molecule has 1 aliphatic rings. The zero-order chi connectivity index (χ0) is 11.8. The Labute approximate surface area is 99.8 Å². The Balaban J connectivity index is 2.15. The molecule has 0 amide bonds. The number of unbranched alkanes of at least 4 members (excludes halogenated alkanes) is 2. The standard InChI is InChI=1S/C14H26O2/c1-3-5-6-7-12-8-10-13(11-9-12)14(15)16-4-2/h12-13H,3-11H2,1-2H3/t12-,13-. The highest BCUT2D eigenvalue weighted by Gasteiger charge is 2.26. The van der Waals surface area contributed by atoms with E-state index >= 15 is 0 Å². The van der Waals surface area contributed by atoms with Crippen molar-refractivity contribution in [1.82, 2.24) is 0 Å². The Bertz CT molecular complexity index is 193. The molecule has 0 aromatic heterocycles. The molecule has 16 heavy (non-hydrogen) atoms. The summed E-state index contributed by atoms with van der Waals surface area (Å²) in [5, 5.41) is 0. The van der Waals surface area contributed by atoms with Gasteiger partial charge in [-0.2, -0.15) is 0 Å². The van der Waals surface area contributed by atoms with Crippen LogP contribution in [0.1, 0.15) is 65.2 Å². The number of carbonyl (C=O) groups is 1. The van der Waals surface area contributed by atoms with Gasteiger partial charge in [0.1, 0.15) is 0 Å². The van der Waals surface area contributed by atoms with Crippen molar-refractivity contribution >= 4 is 5.97 Å². The number of esters is 1. The summed E-state index contributed by atoms with van der Waals surface area (Å²) in [4.78, 5) is 11.5. The van der Waals surface area contributed by atoms with Crippen LogP contribution in [0.4, 0.5) is 0 Å². The minimum Gasteiger partial charge on any atom is -0.466 e. The van der Waals surface area contributed by atoms with E-state index in [-0.39, 0.29) is 11.9 Å². The lowest BCUT2D eigenvalue weighted by atomic mass is 9.80. The van der Waals surface area contributed by atoms with E-state index in [1.807, 2.05) is 6.92 Å². The number of hydrogen-bond donors (Lipinski definition) is 0. The van der Waals surface area contributed by atoms with Gasteiger partial charge in [-0.3, -0.25) is 4.79 Å². The summed E-state index contributed by atoms with van der Waals surface area (Å²) in [6.07, 6.45) is 9.95.